The highest BCUT2D eigenvalue weighted by molar-refractivity contribution is 14.0. The smallest absolute Gasteiger partial charge is 0.226 e. The molecule has 0 atom stereocenters. The van der Waals surface area contributed by atoms with E-state index in [2.05, 4.69) is 32.5 Å². The molecule has 2 heterocycles. The van der Waals surface area contributed by atoms with Gasteiger partial charge in [0.25, 0.3) is 0 Å². The molecule has 27 heavy (non-hydrogen) atoms. The predicted molar refractivity (Wildman–Crippen MR) is 121 cm³/mol. The molecule has 0 spiro atoms. The summed E-state index contributed by atoms with van der Waals surface area (Å²) in [4.78, 5) is 14.6. The lowest BCUT2D eigenvalue weighted by Crippen LogP contribution is -2.36. The van der Waals surface area contributed by atoms with Gasteiger partial charge in [-0.15, -0.1) is 35.3 Å². The Bertz CT molecular complexity index is 872. The van der Waals surface area contributed by atoms with Crippen molar-refractivity contribution in [1.29, 1.82) is 0 Å². The normalized spacial score (nSPS) is 11.1. The van der Waals surface area contributed by atoms with E-state index >= 15 is 0 Å². The predicted octanol–water partition coefficient (Wildman–Crippen LogP) is 4.29. The van der Waals surface area contributed by atoms with Crippen molar-refractivity contribution in [3.8, 4) is 11.5 Å². The van der Waals surface area contributed by atoms with Crippen molar-refractivity contribution in [2.45, 2.75) is 33.9 Å². The molecule has 6 nitrogen and oxygen atoms in total. The van der Waals surface area contributed by atoms with Gasteiger partial charge in [0, 0.05) is 23.2 Å². The number of benzene rings is 1. The molecule has 144 valence electrons. The third-order valence-corrected chi connectivity index (χ3v) is 4.61. The molecule has 0 amide bonds. The molecule has 0 aliphatic heterocycles. The van der Waals surface area contributed by atoms with Gasteiger partial charge in [0.15, 0.2) is 5.96 Å². The van der Waals surface area contributed by atoms with E-state index in [-0.39, 0.29) is 24.0 Å². The molecule has 0 fully saturated rings. The van der Waals surface area contributed by atoms with E-state index in [1.807, 2.05) is 44.3 Å². The SMILES string of the molecule is CCNC(=NCc1coc(-c2ccc(C)cc2)n1)NCc1cnc(C)s1.I. The molecule has 0 bridgehead atoms. The fourth-order valence-corrected chi connectivity index (χ4v) is 3.10. The molecule has 3 aromatic rings. The van der Waals surface area contributed by atoms with Crippen LogP contribution in [-0.4, -0.2) is 22.5 Å². The topological polar surface area (TPSA) is 75.3 Å². The van der Waals surface area contributed by atoms with E-state index in [4.69, 9.17) is 4.42 Å². The van der Waals surface area contributed by atoms with E-state index in [1.165, 1.54) is 10.4 Å². The Labute approximate surface area is 180 Å². The van der Waals surface area contributed by atoms with Crippen molar-refractivity contribution in [3.05, 3.63) is 57.9 Å². The van der Waals surface area contributed by atoms with Gasteiger partial charge in [-0.05, 0) is 32.9 Å². The first-order valence-corrected chi connectivity index (χ1v) is 9.40. The molecule has 1 aromatic carbocycles. The number of hydrogen-bond acceptors (Lipinski definition) is 5. The van der Waals surface area contributed by atoms with Gasteiger partial charge >= 0.3 is 0 Å². The highest BCUT2D eigenvalue weighted by Crippen LogP contribution is 2.19. The Hall–Kier alpha value is -1.94. The second-order valence-corrected chi connectivity index (χ2v) is 7.22. The molecular weight excluding hydrogens is 473 g/mol. The number of hydrogen-bond donors (Lipinski definition) is 2. The number of oxazole rings is 1. The summed E-state index contributed by atoms with van der Waals surface area (Å²) in [5.74, 6) is 1.37. The second kappa shape index (κ2) is 10.4. The zero-order valence-electron chi connectivity index (χ0n) is 15.7. The van der Waals surface area contributed by atoms with Crippen LogP contribution in [0.15, 0.2) is 46.1 Å². The fraction of sp³-hybridized carbons (Fsp3) is 0.316. The standard InChI is InChI=1S/C19H23N5OS.HI/c1-4-20-19(23-11-17-10-21-14(3)26-17)22-9-16-12-25-18(24-16)15-7-5-13(2)6-8-15;/h5-8,10,12H,4,9,11H2,1-3H3,(H2,20,22,23);1H. The first-order chi connectivity index (χ1) is 12.6. The number of nitrogens with zero attached hydrogens (tertiary/aromatic N) is 3. The summed E-state index contributed by atoms with van der Waals surface area (Å²) >= 11 is 1.68. The lowest BCUT2D eigenvalue weighted by atomic mass is 10.1. The molecule has 0 aliphatic rings. The lowest BCUT2D eigenvalue weighted by Gasteiger charge is -2.09. The molecule has 0 radical (unpaired) electrons. The molecule has 8 heteroatoms. The van der Waals surface area contributed by atoms with Gasteiger partial charge in [0.1, 0.15) is 12.0 Å². The van der Waals surface area contributed by atoms with Crippen LogP contribution in [0.1, 0.15) is 28.1 Å². The minimum atomic E-state index is 0. The molecule has 3 rings (SSSR count). The number of aromatic nitrogens is 2. The van der Waals surface area contributed by atoms with Crippen molar-refractivity contribution >= 4 is 41.3 Å². The van der Waals surface area contributed by atoms with Crippen LogP contribution >= 0.6 is 35.3 Å². The molecular formula is C19H24IN5OS. The molecule has 2 N–H and O–H groups in total. The van der Waals surface area contributed by atoms with Crippen LogP contribution in [-0.2, 0) is 13.1 Å². The van der Waals surface area contributed by atoms with Crippen LogP contribution in [0.3, 0.4) is 0 Å². The van der Waals surface area contributed by atoms with Crippen LogP contribution in [0.25, 0.3) is 11.5 Å². The number of aliphatic imine (C=N–C) groups is 1. The quantitative estimate of drug-likeness (QED) is 0.302. The molecule has 0 aliphatic carbocycles. The second-order valence-electron chi connectivity index (χ2n) is 5.90. The summed E-state index contributed by atoms with van der Waals surface area (Å²) in [7, 11) is 0. The highest BCUT2D eigenvalue weighted by atomic mass is 127. The van der Waals surface area contributed by atoms with E-state index in [1.54, 1.807) is 17.6 Å². The van der Waals surface area contributed by atoms with Crippen LogP contribution in [0, 0.1) is 13.8 Å². The number of halogens is 1. The van der Waals surface area contributed by atoms with Crippen molar-refractivity contribution in [1.82, 2.24) is 20.6 Å². The third kappa shape index (κ3) is 6.31. The minimum absolute atomic E-state index is 0. The molecule has 2 aromatic heterocycles. The van der Waals surface area contributed by atoms with Gasteiger partial charge in [-0.3, -0.25) is 0 Å². The number of rotatable bonds is 6. The Morgan fingerprint density at radius 1 is 1.19 bits per heavy atom. The largest absolute Gasteiger partial charge is 0.444 e. The Morgan fingerprint density at radius 3 is 2.63 bits per heavy atom. The van der Waals surface area contributed by atoms with Crippen LogP contribution in [0.2, 0.25) is 0 Å². The van der Waals surface area contributed by atoms with E-state index < -0.39 is 0 Å². The number of thiazole rings is 1. The van der Waals surface area contributed by atoms with Gasteiger partial charge in [-0.2, -0.15) is 0 Å². The van der Waals surface area contributed by atoms with Gasteiger partial charge in [-0.1, -0.05) is 17.7 Å². The number of guanidine groups is 1. The van der Waals surface area contributed by atoms with Crippen molar-refractivity contribution in [2.75, 3.05) is 6.54 Å². The van der Waals surface area contributed by atoms with Gasteiger partial charge < -0.3 is 15.1 Å². The van der Waals surface area contributed by atoms with E-state index in [9.17, 15) is 0 Å². The zero-order chi connectivity index (χ0) is 18.4. The van der Waals surface area contributed by atoms with Gasteiger partial charge in [0.05, 0.1) is 18.1 Å². The summed E-state index contributed by atoms with van der Waals surface area (Å²) in [5, 5.41) is 7.62. The Balaban J connectivity index is 0.00000261. The van der Waals surface area contributed by atoms with E-state index in [0.717, 1.165) is 28.8 Å². The monoisotopic (exact) mass is 497 g/mol. The number of nitrogens with one attached hydrogen (secondary N) is 2. The summed E-state index contributed by atoms with van der Waals surface area (Å²) in [6.07, 6.45) is 3.55. The molecule has 0 saturated carbocycles. The van der Waals surface area contributed by atoms with Gasteiger partial charge in [0.2, 0.25) is 5.89 Å². The van der Waals surface area contributed by atoms with Crippen molar-refractivity contribution in [3.63, 3.8) is 0 Å². The van der Waals surface area contributed by atoms with Crippen LogP contribution in [0.5, 0.6) is 0 Å². The zero-order valence-corrected chi connectivity index (χ0v) is 18.8. The third-order valence-electron chi connectivity index (χ3n) is 3.69. The Kier molecular flexibility index (Phi) is 8.23. The minimum Gasteiger partial charge on any atom is -0.444 e. The maximum atomic E-state index is 5.59. The lowest BCUT2D eigenvalue weighted by molar-refractivity contribution is 0.572. The van der Waals surface area contributed by atoms with Gasteiger partial charge in [-0.25, -0.2) is 15.0 Å². The average Bonchev–Trinajstić information content (AvgIpc) is 3.27. The van der Waals surface area contributed by atoms with Crippen LogP contribution < -0.4 is 10.6 Å². The Morgan fingerprint density at radius 2 is 1.96 bits per heavy atom. The van der Waals surface area contributed by atoms with Crippen molar-refractivity contribution < 1.29 is 4.42 Å². The van der Waals surface area contributed by atoms with Crippen molar-refractivity contribution in [2.24, 2.45) is 4.99 Å². The maximum absolute atomic E-state index is 5.59. The average molecular weight is 497 g/mol. The summed E-state index contributed by atoms with van der Waals surface area (Å²) in [5.41, 5.74) is 2.98. The number of aryl methyl sites for hydroxylation is 2. The highest BCUT2D eigenvalue weighted by Gasteiger charge is 2.07. The summed E-state index contributed by atoms with van der Waals surface area (Å²) in [6.45, 7) is 8.05. The summed E-state index contributed by atoms with van der Waals surface area (Å²) in [6, 6.07) is 8.12. The molecule has 0 saturated heterocycles. The van der Waals surface area contributed by atoms with E-state index in [0.29, 0.717) is 19.0 Å². The fourth-order valence-electron chi connectivity index (χ4n) is 2.37. The first kappa shape index (κ1) is 21.4. The summed E-state index contributed by atoms with van der Waals surface area (Å²) < 4.78 is 5.59. The maximum Gasteiger partial charge on any atom is 0.226 e. The first-order valence-electron chi connectivity index (χ1n) is 8.59. The van der Waals surface area contributed by atoms with Crippen LogP contribution in [0.4, 0.5) is 0 Å². The molecule has 0 unspecified atom stereocenters.